The first-order valence-electron chi connectivity index (χ1n) is 6.93. The molecule has 0 fully saturated rings. The SMILES string of the molecule is CCOC(=O)c1cc(CC)c(Cl)n2c1nc1ccccc12. The van der Waals surface area contributed by atoms with Gasteiger partial charge in [0.15, 0.2) is 5.65 Å². The van der Waals surface area contributed by atoms with E-state index >= 15 is 0 Å². The fourth-order valence-electron chi connectivity index (χ4n) is 2.45. The van der Waals surface area contributed by atoms with Crippen molar-refractivity contribution in [2.75, 3.05) is 6.61 Å². The molecule has 0 amide bonds. The number of nitrogens with zero attached hydrogens (tertiary/aromatic N) is 2. The number of aromatic nitrogens is 2. The monoisotopic (exact) mass is 302 g/mol. The van der Waals surface area contributed by atoms with Crippen LogP contribution in [0.2, 0.25) is 5.15 Å². The molecule has 0 spiro atoms. The molecule has 0 atom stereocenters. The molecule has 0 radical (unpaired) electrons. The third-order valence-electron chi connectivity index (χ3n) is 3.46. The highest BCUT2D eigenvalue weighted by Gasteiger charge is 2.19. The van der Waals surface area contributed by atoms with Gasteiger partial charge >= 0.3 is 5.97 Å². The number of carbonyl (C=O) groups is 1. The third kappa shape index (κ3) is 2.16. The number of aryl methyl sites for hydroxylation is 1. The van der Waals surface area contributed by atoms with Gasteiger partial charge in [0.2, 0.25) is 0 Å². The molecule has 108 valence electrons. The van der Waals surface area contributed by atoms with Crippen molar-refractivity contribution >= 4 is 34.3 Å². The highest BCUT2D eigenvalue weighted by molar-refractivity contribution is 6.31. The predicted octanol–water partition coefficient (Wildman–Crippen LogP) is 3.88. The zero-order valence-corrected chi connectivity index (χ0v) is 12.6. The van der Waals surface area contributed by atoms with E-state index in [-0.39, 0.29) is 5.97 Å². The van der Waals surface area contributed by atoms with Crippen LogP contribution in [0.15, 0.2) is 30.3 Å². The van der Waals surface area contributed by atoms with Gasteiger partial charge in [0.25, 0.3) is 0 Å². The van der Waals surface area contributed by atoms with E-state index < -0.39 is 0 Å². The molecule has 3 aromatic rings. The molecule has 2 aromatic heterocycles. The fourth-order valence-corrected chi connectivity index (χ4v) is 2.81. The number of imidazole rings is 1. The van der Waals surface area contributed by atoms with Crippen LogP contribution in [-0.2, 0) is 11.2 Å². The van der Waals surface area contributed by atoms with Gasteiger partial charge in [-0.2, -0.15) is 0 Å². The fraction of sp³-hybridized carbons (Fsp3) is 0.250. The van der Waals surface area contributed by atoms with E-state index in [0.29, 0.717) is 23.0 Å². The summed E-state index contributed by atoms with van der Waals surface area (Å²) in [4.78, 5) is 16.7. The van der Waals surface area contributed by atoms with Gasteiger partial charge < -0.3 is 4.74 Å². The minimum absolute atomic E-state index is 0.329. The minimum Gasteiger partial charge on any atom is -0.462 e. The molecule has 0 N–H and O–H groups in total. The average molecular weight is 303 g/mol. The summed E-state index contributed by atoms with van der Waals surface area (Å²) in [6, 6.07) is 9.46. The van der Waals surface area contributed by atoms with Crippen molar-refractivity contribution in [2.45, 2.75) is 20.3 Å². The number of benzene rings is 1. The molecule has 5 heteroatoms. The highest BCUT2D eigenvalue weighted by Crippen LogP contribution is 2.28. The number of ether oxygens (including phenoxy) is 1. The lowest BCUT2D eigenvalue weighted by molar-refractivity contribution is 0.0528. The van der Waals surface area contributed by atoms with Crippen LogP contribution in [0.25, 0.3) is 16.7 Å². The van der Waals surface area contributed by atoms with Crippen molar-refractivity contribution in [3.8, 4) is 0 Å². The van der Waals surface area contributed by atoms with Crippen LogP contribution in [0.1, 0.15) is 29.8 Å². The Morgan fingerprint density at radius 2 is 2.10 bits per heavy atom. The largest absolute Gasteiger partial charge is 0.462 e. The number of halogens is 1. The number of esters is 1. The molecule has 4 nitrogen and oxygen atoms in total. The molecule has 0 aliphatic carbocycles. The van der Waals surface area contributed by atoms with Crippen LogP contribution in [0.4, 0.5) is 0 Å². The summed E-state index contributed by atoms with van der Waals surface area (Å²) in [7, 11) is 0. The van der Waals surface area contributed by atoms with Crippen LogP contribution in [0.3, 0.4) is 0 Å². The van der Waals surface area contributed by atoms with Gasteiger partial charge in [0.05, 0.1) is 17.6 Å². The first-order valence-corrected chi connectivity index (χ1v) is 7.30. The minimum atomic E-state index is -0.371. The zero-order valence-electron chi connectivity index (χ0n) is 11.9. The Kier molecular flexibility index (Phi) is 3.55. The molecule has 1 aromatic carbocycles. The summed E-state index contributed by atoms with van der Waals surface area (Å²) < 4.78 is 6.96. The topological polar surface area (TPSA) is 43.6 Å². The van der Waals surface area contributed by atoms with Gasteiger partial charge in [0, 0.05) is 0 Å². The summed E-state index contributed by atoms with van der Waals surface area (Å²) >= 11 is 6.49. The van der Waals surface area contributed by atoms with E-state index in [4.69, 9.17) is 16.3 Å². The van der Waals surface area contributed by atoms with Gasteiger partial charge in [0.1, 0.15) is 10.7 Å². The second-order valence-corrected chi connectivity index (χ2v) is 5.07. The van der Waals surface area contributed by atoms with Crippen LogP contribution in [0.5, 0.6) is 0 Å². The molecule has 0 saturated heterocycles. The van der Waals surface area contributed by atoms with Gasteiger partial charge in [-0.1, -0.05) is 30.7 Å². The maximum absolute atomic E-state index is 12.2. The van der Waals surface area contributed by atoms with E-state index in [2.05, 4.69) is 4.98 Å². The first kappa shape index (κ1) is 13.9. The second-order valence-electron chi connectivity index (χ2n) is 4.71. The van der Waals surface area contributed by atoms with Crippen LogP contribution < -0.4 is 0 Å². The van der Waals surface area contributed by atoms with E-state index in [0.717, 1.165) is 23.0 Å². The normalized spacial score (nSPS) is 11.2. The summed E-state index contributed by atoms with van der Waals surface area (Å²) in [5, 5.41) is 0.592. The second kappa shape index (κ2) is 5.37. The number of carbonyl (C=O) groups excluding carboxylic acids is 1. The number of pyridine rings is 1. The van der Waals surface area contributed by atoms with Crippen molar-refractivity contribution in [2.24, 2.45) is 0 Å². The van der Waals surface area contributed by atoms with Crippen LogP contribution in [-0.4, -0.2) is 22.0 Å². The van der Waals surface area contributed by atoms with E-state index in [1.54, 1.807) is 13.0 Å². The molecule has 21 heavy (non-hydrogen) atoms. The Morgan fingerprint density at radius 1 is 1.33 bits per heavy atom. The Bertz CT molecular complexity index is 839. The van der Waals surface area contributed by atoms with Gasteiger partial charge in [-0.25, -0.2) is 9.78 Å². The summed E-state index contributed by atoms with van der Waals surface area (Å²) in [6.07, 6.45) is 0.730. The van der Waals surface area contributed by atoms with Crippen molar-refractivity contribution in [3.05, 3.63) is 46.6 Å². The van der Waals surface area contributed by atoms with E-state index in [1.807, 2.05) is 35.6 Å². The number of hydrogen-bond acceptors (Lipinski definition) is 3. The van der Waals surface area contributed by atoms with Gasteiger partial charge in [-0.3, -0.25) is 4.40 Å². The molecular formula is C16H15ClN2O2. The highest BCUT2D eigenvalue weighted by atomic mass is 35.5. The Hall–Kier alpha value is -2.07. The molecule has 0 aliphatic rings. The quantitative estimate of drug-likeness (QED) is 0.545. The standard InChI is InChI=1S/C16H15ClN2O2/c1-3-10-9-11(16(20)21-4-2)15-18-12-7-5-6-8-13(12)19(15)14(10)17/h5-9H,3-4H2,1-2H3. The van der Waals surface area contributed by atoms with Crippen LogP contribution >= 0.6 is 11.6 Å². The summed E-state index contributed by atoms with van der Waals surface area (Å²) in [5.41, 5.74) is 3.58. The molecule has 0 bridgehead atoms. The molecule has 3 rings (SSSR count). The molecular weight excluding hydrogens is 288 g/mol. The number of para-hydroxylation sites is 2. The Balaban J connectivity index is 2.42. The third-order valence-corrected chi connectivity index (χ3v) is 3.87. The van der Waals surface area contributed by atoms with E-state index in [1.165, 1.54) is 0 Å². The lowest BCUT2D eigenvalue weighted by Crippen LogP contribution is -2.09. The maximum Gasteiger partial charge on any atom is 0.341 e. The maximum atomic E-state index is 12.2. The van der Waals surface area contributed by atoms with Crippen molar-refractivity contribution in [1.29, 1.82) is 0 Å². The predicted molar refractivity (Wildman–Crippen MR) is 83.0 cm³/mol. The first-order chi connectivity index (χ1) is 10.2. The lowest BCUT2D eigenvalue weighted by Gasteiger charge is -2.10. The molecule has 0 unspecified atom stereocenters. The zero-order chi connectivity index (χ0) is 15.0. The lowest BCUT2D eigenvalue weighted by atomic mass is 10.1. The van der Waals surface area contributed by atoms with Crippen molar-refractivity contribution in [1.82, 2.24) is 9.38 Å². The number of rotatable bonds is 3. The molecule has 0 saturated carbocycles. The van der Waals surface area contributed by atoms with Gasteiger partial charge in [-0.15, -0.1) is 0 Å². The summed E-state index contributed by atoms with van der Waals surface area (Å²) in [6.45, 7) is 4.12. The summed E-state index contributed by atoms with van der Waals surface area (Å²) in [5.74, 6) is -0.371. The number of fused-ring (bicyclic) bond motifs is 3. The Labute approximate surface area is 127 Å². The van der Waals surface area contributed by atoms with Crippen LogP contribution in [0, 0.1) is 0 Å². The van der Waals surface area contributed by atoms with Crippen molar-refractivity contribution < 1.29 is 9.53 Å². The number of hydrogen-bond donors (Lipinski definition) is 0. The van der Waals surface area contributed by atoms with Crippen molar-refractivity contribution in [3.63, 3.8) is 0 Å². The Morgan fingerprint density at radius 3 is 2.81 bits per heavy atom. The smallest absolute Gasteiger partial charge is 0.341 e. The molecule has 0 aliphatic heterocycles. The molecule has 2 heterocycles. The average Bonchev–Trinajstić information content (AvgIpc) is 2.87. The van der Waals surface area contributed by atoms with Gasteiger partial charge in [-0.05, 0) is 37.1 Å². The van der Waals surface area contributed by atoms with E-state index in [9.17, 15) is 4.79 Å².